The van der Waals surface area contributed by atoms with E-state index in [0.717, 1.165) is 29.2 Å². The molecule has 0 saturated heterocycles. The van der Waals surface area contributed by atoms with Crippen molar-refractivity contribution in [2.75, 3.05) is 18.5 Å². The lowest BCUT2D eigenvalue weighted by Gasteiger charge is -2.24. The van der Waals surface area contributed by atoms with Crippen molar-refractivity contribution in [2.45, 2.75) is 40.5 Å². The molecule has 2 aromatic rings. The van der Waals surface area contributed by atoms with E-state index in [0.29, 0.717) is 35.9 Å². The van der Waals surface area contributed by atoms with Crippen LogP contribution in [-0.2, 0) is 24.4 Å². The monoisotopic (exact) mass is 389 g/mol. The van der Waals surface area contributed by atoms with Gasteiger partial charge in [-0.05, 0) is 38.5 Å². The second-order valence-electron chi connectivity index (χ2n) is 6.62. The van der Waals surface area contributed by atoms with Crippen LogP contribution in [0.5, 0.6) is 0 Å². The Bertz CT molecular complexity index is 937. The first kappa shape index (κ1) is 19.5. The standard InChI is InChI=1S/C20H24ClN3O3/c1-4-22-17-9-14(21)8-15(13(17)3)20(26)23-10-16-18-11-27-6-5-24(18)12(2)7-19(16)25/h7-9,22H,4-6,10-11H2,1-3H3,(H,23,26). The van der Waals surface area contributed by atoms with Crippen molar-refractivity contribution < 1.29 is 9.53 Å². The molecule has 0 bridgehead atoms. The molecule has 0 unspecified atom stereocenters. The quantitative estimate of drug-likeness (QED) is 0.824. The number of aromatic nitrogens is 1. The van der Waals surface area contributed by atoms with E-state index in [9.17, 15) is 9.59 Å². The summed E-state index contributed by atoms with van der Waals surface area (Å²) in [6.07, 6.45) is 0. The summed E-state index contributed by atoms with van der Waals surface area (Å²) >= 11 is 6.17. The molecule has 2 N–H and O–H groups in total. The predicted molar refractivity (Wildman–Crippen MR) is 107 cm³/mol. The summed E-state index contributed by atoms with van der Waals surface area (Å²) in [5, 5.41) is 6.57. The zero-order valence-corrected chi connectivity index (χ0v) is 16.6. The van der Waals surface area contributed by atoms with Crippen LogP contribution in [0.1, 0.15) is 39.8 Å². The highest BCUT2D eigenvalue weighted by Crippen LogP contribution is 2.25. The normalized spacial score (nSPS) is 13.2. The van der Waals surface area contributed by atoms with Crippen LogP contribution in [0.25, 0.3) is 0 Å². The lowest BCUT2D eigenvalue weighted by Crippen LogP contribution is -2.32. The van der Waals surface area contributed by atoms with Crippen LogP contribution in [0, 0.1) is 13.8 Å². The number of carbonyl (C=O) groups is 1. The first-order valence-corrected chi connectivity index (χ1v) is 9.42. The fraction of sp³-hybridized carbons (Fsp3) is 0.400. The lowest BCUT2D eigenvalue weighted by atomic mass is 10.1. The zero-order valence-electron chi connectivity index (χ0n) is 15.8. The highest BCUT2D eigenvalue weighted by atomic mass is 35.5. The van der Waals surface area contributed by atoms with Gasteiger partial charge in [0.1, 0.15) is 0 Å². The van der Waals surface area contributed by atoms with Crippen molar-refractivity contribution >= 4 is 23.2 Å². The second kappa shape index (κ2) is 8.15. The van der Waals surface area contributed by atoms with Gasteiger partial charge in [0.05, 0.1) is 18.9 Å². The molecule has 0 spiro atoms. The maximum atomic E-state index is 12.8. The molecule has 0 aliphatic carbocycles. The smallest absolute Gasteiger partial charge is 0.251 e. The average Bonchev–Trinajstić information content (AvgIpc) is 2.64. The molecule has 1 aromatic carbocycles. The maximum absolute atomic E-state index is 12.8. The number of hydrogen-bond acceptors (Lipinski definition) is 4. The van der Waals surface area contributed by atoms with Crippen molar-refractivity contribution in [3.63, 3.8) is 0 Å². The number of rotatable bonds is 5. The molecule has 1 amide bonds. The number of halogens is 1. The Balaban J connectivity index is 1.86. The topological polar surface area (TPSA) is 72.4 Å². The molecule has 144 valence electrons. The van der Waals surface area contributed by atoms with Crippen molar-refractivity contribution in [3.05, 3.63) is 61.5 Å². The number of anilines is 1. The number of benzene rings is 1. The summed E-state index contributed by atoms with van der Waals surface area (Å²) in [7, 11) is 0. The summed E-state index contributed by atoms with van der Waals surface area (Å²) < 4.78 is 7.60. The van der Waals surface area contributed by atoms with Gasteiger partial charge >= 0.3 is 0 Å². The van der Waals surface area contributed by atoms with Gasteiger partial charge in [0.2, 0.25) is 0 Å². The molecule has 0 fully saturated rings. The Labute approximate surface area is 163 Å². The number of pyridine rings is 1. The van der Waals surface area contributed by atoms with Gasteiger partial charge < -0.3 is 19.9 Å². The number of amides is 1. The van der Waals surface area contributed by atoms with Gasteiger partial charge in [-0.15, -0.1) is 0 Å². The van der Waals surface area contributed by atoms with Crippen molar-refractivity contribution in [2.24, 2.45) is 0 Å². The first-order chi connectivity index (χ1) is 12.9. The molecule has 7 heteroatoms. The highest BCUT2D eigenvalue weighted by molar-refractivity contribution is 6.31. The summed E-state index contributed by atoms with van der Waals surface area (Å²) in [4.78, 5) is 25.2. The summed E-state index contributed by atoms with van der Waals surface area (Å²) in [6, 6.07) is 5.06. The Kier molecular flexibility index (Phi) is 5.87. The van der Waals surface area contributed by atoms with Gasteiger partial charge in [0.15, 0.2) is 5.43 Å². The van der Waals surface area contributed by atoms with E-state index in [2.05, 4.69) is 15.2 Å². The van der Waals surface area contributed by atoms with Gasteiger partial charge in [-0.2, -0.15) is 0 Å². The molecule has 1 aliphatic rings. The zero-order chi connectivity index (χ0) is 19.6. The summed E-state index contributed by atoms with van der Waals surface area (Å²) in [5.41, 5.74) is 4.38. The van der Waals surface area contributed by atoms with Gasteiger partial charge in [-0.25, -0.2) is 0 Å². The molecule has 2 heterocycles. The Hall–Kier alpha value is -2.31. The molecule has 0 atom stereocenters. The van der Waals surface area contributed by atoms with E-state index < -0.39 is 0 Å². The number of nitrogens with zero attached hydrogens (tertiary/aromatic N) is 1. The van der Waals surface area contributed by atoms with Crippen LogP contribution >= 0.6 is 11.6 Å². The van der Waals surface area contributed by atoms with Crippen LogP contribution < -0.4 is 16.1 Å². The molecular formula is C20H24ClN3O3. The predicted octanol–water partition coefficient (Wildman–Crippen LogP) is 3.01. The molecule has 0 radical (unpaired) electrons. The largest absolute Gasteiger partial charge is 0.385 e. The van der Waals surface area contributed by atoms with E-state index in [1.54, 1.807) is 18.2 Å². The first-order valence-electron chi connectivity index (χ1n) is 9.04. The van der Waals surface area contributed by atoms with Crippen molar-refractivity contribution in [1.82, 2.24) is 9.88 Å². The number of hydrogen-bond donors (Lipinski definition) is 2. The van der Waals surface area contributed by atoms with Gasteiger partial charge in [-0.3, -0.25) is 9.59 Å². The van der Waals surface area contributed by atoms with Gasteiger partial charge in [-0.1, -0.05) is 11.6 Å². The third-order valence-electron chi connectivity index (χ3n) is 4.85. The number of ether oxygens (including phenoxy) is 1. The van der Waals surface area contributed by atoms with Crippen LogP contribution in [-0.4, -0.2) is 23.6 Å². The third-order valence-corrected chi connectivity index (χ3v) is 5.06. The fourth-order valence-electron chi connectivity index (χ4n) is 3.42. The number of fused-ring (bicyclic) bond motifs is 1. The van der Waals surface area contributed by atoms with Gasteiger partial charge in [0.25, 0.3) is 5.91 Å². The second-order valence-corrected chi connectivity index (χ2v) is 7.05. The summed E-state index contributed by atoms with van der Waals surface area (Å²) in [5.74, 6) is -0.260. The fourth-order valence-corrected chi connectivity index (χ4v) is 3.63. The Morgan fingerprint density at radius 1 is 1.30 bits per heavy atom. The Morgan fingerprint density at radius 2 is 2.07 bits per heavy atom. The molecule has 6 nitrogen and oxygen atoms in total. The lowest BCUT2D eigenvalue weighted by molar-refractivity contribution is 0.0813. The number of nitrogens with one attached hydrogen (secondary N) is 2. The average molecular weight is 390 g/mol. The number of aryl methyl sites for hydroxylation is 1. The van der Waals surface area contributed by atoms with Gasteiger partial charge in [0, 0.05) is 53.2 Å². The van der Waals surface area contributed by atoms with E-state index >= 15 is 0 Å². The molecule has 1 aromatic heterocycles. The van der Waals surface area contributed by atoms with Crippen molar-refractivity contribution in [1.29, 1.82) is 0 Å². The molecule has 0 saturated carbocycles. The van der Waals surface area contributed by atoms with Crippen LogP contribution in [0.2, 0.25) is 5.02 Å². The Morgan fingerprint density at radius 3 is 2.81 bits per heavy atom. The van der Waals surface area contributed by atoms with E-state index in [1.807, 2.05) is 20.8 Å². The van der Waals surface area contributed by atoms with Crippen LogP contribution in [0.3, 0.4) is 0 Å². The minimum absolute atomic E-state index is 0.0827. The SMILES string of the molecule is CCNc1cc(Cl)cc(C(=O)NCc2c3n(c(C)cc2=O)CCOC3)c1C. The maximum Gasteiger partial charge on any atom is 0.251 e. The van der Waals surface area contributed by atoms with E-state index in [-0.39, 0.29) is 17.9 Å². The molecular weight excluding hydrogens is 366 g/mol. The minimum Gasteiger partial charge on any atom is -0.385 e. The highest BCUT2D eigenvalue weighted by Gasteiger charge is 2.19. The van der Waals surface area contributed by atoms with E-state index in [1.165, 1.54) is 0 Å². The van der Waals surface area contributed by atoms with Crippen molar-refractivity contribution in [3.8, 4) is 0 Å². The molecule has 3 rings (SSSR count). The minimum atomic E-state index is -0.260. The van der Waals surface area contributed by atoms with E-state index in [4.69, 9.17) is 16.3 Å². The van der Waals surface area contributed by atoms with Crippen LogP contribution in [0.4, 0.5) is 5.69 Å². The third kappa shape index (κ3) is 4.01. The van der Waals surface area contributed by atoms with Crippen LogP contribution in [0.15, 0.2) is 23.0 Å². The molecule has 1 aliphatic heterocycles. The molecule has 27 heavy (non-hydrogen) atoms. The number of carbonyl (C=O) groups excluding carboxylic acids is 1. The summed E-state index contributed by atoms with van der Waals surface area (Å²) in [6.45, 7) is 8.36.